The summed E-state index contributed by atoms with van der Waals surface area (Å²) >= 11 is 5.80. The van der Waals surface area contributed by atoms with Crippen molar-refractivity contribution in [2.24, 2.45) is 11.1 Å². The van der Waals surface area contributed by atoms with E-state index in [0.29, 0.717) is 24.7 Å². The second-order valence-corrected chi connectivity index (χ2v) is 5.20. The molecule has 1 aliphatic rings. The lowest BCUT2D eigenvalue weighted by atomic mass is 9.79. The van der Waals surface area contributed by atoms with E-state index in [1.54, 1.807) is 12.1 Å². The molecule has 3 nitrogen and oxygen atoms in total. The summed E-state index contributed by atoms with van der Waals surface area (Å²) in [6, 6.07) is 7.10. The number of halogens is 1. The maximum absolute atomic E-state index is 12.2. The van der Waals surface area contributed by atoms with Crippen LogP contribution in [-0.4, -0.2) is 25.0 Å². The van der Waals surface area contributed by atoms with Crippen molar-refractivity contribution < 1.29 is 9.53 Å². The van der Waals surface area contributed by atoms with Crippen LogP contribution < -0.4 is 5.73 Å². The summed E-state index contributed by atoms with van der Waals surface area (Å²) < 4.78 is 5.28. The third-order valence-corrected chi connectivity index (χ3v) is 3.68. The van der Waals surface area contributed by atoms with Gasteiger partial charge in [-0.3, -0.25) is 4.79 Å². The van der Waals surface area contributed by atoms with Crippen LogP contribution in [0.2, 0.25) is 5.02 Å². The monoisotopic (exact) mass is 253 g/mol. The number of Topliss-reactive ketones (excluding diaryl/α,β-unsaturated/α-hetero) is 1. The van der Waals surface area contributed by atoms with Crippen molar-refractivity contribution >= 4 is 17.4 Å². The van der Waals surface area contributed by atoms with Gasteiger partial charge in [0.1, 0.15) is 5.78 Å². The molecule has 0 amide bonds. The molecule has 1 saturated heterocycles. The molecule has 1 fully saturated rings. The van der Waals surface area contributed by atoms with Crippen LogP contribution in [0.1, 0.15) is 12.5 Å². The molecular weight excluding hydrogens is 238 g/mol. The third kappa shape index (κ3) is 2.51. The molecule has 1 heterocycles. The first-order valence-electron chi connectivity index (χ1n) is 5.63. The Bertz CT molecular complexity index is 418. The molecule has 2 unspecified atom stereocenters. The molecule has 17 heavy (non-hydrogen) atoms. The van der Waals surface area contributed by atoms with E-state index in [1.807, 2.05) is 19.1 Å². The van der Waals surface area contributed by atoms with E-state index in [0.717, 1.165) is 5.56 Å². The Morgan fingerprint density at radius 1 is 1.53 bits per heavy atom. The molecule has 0 radical (unpaired) electrons. The number of ketones is 1. The molecule has 2 rings (SSSR count). The Hall–Kier alpha value is -0.900. The zero-order chi connectivity index (χ0) is 12.5. The van der Waals surface area contributed by atoms with Gasteiger partial charge >= 0.3 is 0 Å². The van der Waals surface area contributed by atoms with E-state index in [2.05, 4.69) is 0 Å². The molecule has 2 atom stereocenters. The van der Waals surface area contributed by atoms with Crippen LogP contribution in [0.4, 0.5) is 0 Å². The SMILES string of the molecule is CC1(C(=O)Cc2ccc(Cl)cc2)COCC1N. The van der Waals surface area contributed by atoms with E-state index in [1.165, 1.54) is 0 Å². The maximum atomic E-state index is 12.2. The van der Waals surface area contributed by atoms with Gasteiger partial charge in [-0.25, -0.2) is 0 Å². The first-order chi connectivity index (χ1) is 8.02. The fourth-order valence-corrected chi connectivity index (χ4v) is 2.09. The van der Waals surface area contributed by atoms with Gasteiger partial charge < -0.3 is 10.5 Å². The van der Waals surface area contributed by atoms with Crippen molar-refractivity contribution in [2.75, 3.05) is 13.2 Å². The quantitative estimate of drug-likeness (QED) is 0.894. The van der Waals surface area contributed by atoms with E-state index in [9.17, 15) is 4.79 Å². The Labute approximate surface area is 106 Å². The summed E-state index contributed by atoms with van der Waals surface area (Å²) in [7, 11) is 0. The van der Waals surface area contributed by atoms with Crippen LogP contribution in [0.3, 0.4) is 0 Å². The van der Waals surface area contributed by atoms with Gasteiger partial charge in [0.15, 0.2) is 0 Å². The van der Waals surface area contributed by atoms with Gasteiger partial charge in [-0.1, -0.05) is 23.7 Å². The van der Waals surface area contributed by atoms with Gasteiger partial charge in [0.05, 0.1) is 18.6 Å². The summed E-state index contributed by atoms with van der Waals surface area (Å²) in [4.78, 5) is 12.2. The first kappa shape index (κ1) is 12.6. The number of rotatable bonds is 3. The second-order valence-electron chi connectivity index (χ2n) is 4.77. The zero-order valence-corrected chi connectivity index (χ0v) is 10.5. The third-order valence-electron chi connectivity index (χ3n) is 3.43. The predicted octanol–water partition coefficient (Wildman–Crippen LogP) is 1.82. The standard InChI is InChI=1S/C13H16ClNO2/c1-13(8-17-7-11(13)15)12(16)6-9-2-4-10(14)5-3-9/h2-5,11H,6-8,15H2,1H3. The molecule has 0 saturated carbocycles. The van der Waals surface area contributed by atoms with Crippen molar-refractivity contribution in [3.63, 3.8) is 0 Å². The lowest BCUT2D eigenvalue weighted by Gasteiger charge is -2.25. The molecule has 1 aliphatic heterocycles. The molecule has 0 bridgehead atoms. The second kappa shape index (κ2) is 4.77. The van der Waals surface area contributed by atoms with Gasteiger partial charge in [0.25, 0.3) is 0 Å². The fraction of sp³-hybridized carbons (Fsp3) is 0.462. The van der Waals surface area contributed by atoms with Crippen molar-refractivity contribution in [2.45, 2.75) is 19.4 Å². The number of carbonyl (C=O) groups is 1. The molecule has 4 heteroatoms. The maximum Gasteiger partial charge on any atom is 0.147 e. The van der Waals surface area contributed by atoms with Gasteiger partial charge in [0.2, 0.25) is 0 Å². The van der Waals surface area contributed by atoms with Gasteiger partial charge in [0, 0.05) is 17.5 Å². The van der Waals surface area contributed by atoms with Crippen LogP contribution in [0, 0.1) is 5.41 Å². The Morgan fingerprint density at radius 3 is 2.71 bits per heavy atom. The number of hydrogen-bond acceptors (Lipinski definition) is 3. The lowest BCUT2D eigenvalue weighted by Crippen LogP contribution is -2.45. The van der Waals surface area contributed by atoms with Crippen LogP contribution in [-0.2, 0) is 16.0 Å². The van der Waals surface area contributed by atoms with Crippen molar-refractivity contribution in [1.29, 1.82) is 0 Å². The molecule has 0 aliphatic carbocycles. The Morgan fingerprint density at radius 2 is 2.18 bits per heavy atom. The minimum atomic E-state index is -0.556. The van der Waals surface area contributed by atoms with Crippen LogP contribution in [0.15, 0.2) is 24.3 Å². The Balaban J connectivity index is 2.09. The molecular formula is C13H16ClNO2. The highest BCUT2D eigenvalue weighted by atomic mass is 35.5. The van der Waals surface area contributed by atoms with Crippen molar-refractivity contribution in [3.8, 4) is 0 Å². The van der Waals surface area contributed by atoms with E-state index >= 15 is 0 Å². The summed E-state index contributed by atoms with van der Waals surface area (Å²) in [5, 5.41) is 0.674. The lowest BCUT2D eigenvalue weighted by molar-refractivity contribution is -0.127. The molecule has 2 N–H and O–H groups in total. The number of carbonyl (C=O) groups excluding carboxylic acids is 1. The van der Waals surface area contributed by atoms with Gasteiger partial charge in [-0.15, -0.1) is 0 Å². The van der Waals surface area contributed by atoms with Crippen molar-refractivity contribution in [1.82, 2.24) is 0 Å². The summed E-state index contributed by atoms with van der Waals surface area (Å²) in [6.07, 6.45) is 0.380. The van der Waals surface area contributed by atoms with Crippen LogP contribution in [0.25, 0.3) is 0 Å². The molecule has 0 spiro atoms. The van der Waals surface area contributed by atoms with Crippen LogP contribution in [0.5, 0.6) is 0 Å². The van der Waals surface area contributed by atoms with Gasteiger partial charge in [-0.2, -0.15) is 0 Å². The fourth-order valence-electron chi connectivity index (χ4n) is 1.97. The van der Waals surface area contributed by atoms with E-state index in [4.69, 9.17) is 22.1 Å². The van der Waals surface area contributed by atoms with Crippen LogP contribution >= 0.6 is 11.6 Å². The number of ether oxygens (including phenoxy) is 1. The average Bonchev–Trinajstić information content (AvgIpc) is 2.64. The summed E-state index contributed by atoms with van der Waals surface area (Å²) in [5.74, 6) is 0.129. The number of nitrogens with two attached hydrogens (primary N) is 1. The smallest absolute Gasteiger partial charge is 0.147 e. The minimum Gasteiger partial charge on any atom is -0.379 e. The summed E-state index contributed by atoms with van der Waals surface area (Å²) in [6.45, 7) is 2.76. The largest absolute Gasteiger partial charge is 0.379 e. The normalized spacial score (nSPS) is 28.3. The highest BCUT2D eigenvalue weighted by molar-refractivity contribution is 6.30. The molecule has 92 valence electrons. The molecule has 1 aromatic rings. The minimum absolute atomic E-state index is 0.129. The van der Waals surface area contributed by atoms with E-state index in [-0.39, 0.29) is 11.8 Å². The average molecular weight is 254 g/mol. The zero-order valence-electron chi connectivity index (χ0n) is 9.78. The first-order valence-corrected chi connectivity index (χ1v) is 6.01. The van der Waals surface area contributed by atoms with Gasteiger partial charge in [-0.05, 0) is 24.6 Å². The highest BCUT2D eigenvalue weighted by Gasteiger charge is 2.43. The topological polar surface area (TPSA) is 52.3 Å². The van der Waals surface area contributed by atoms with E-state index < -0.39 is 5.41 Å². The van der Waals surface area contributed by atoms with Crippen molar-refractivity contribution in [3.05, 3.63) is 34.9 Å². The number of hydrogen-bond donors (Lipinski definition) is 1. The summed E-state index contributed by atoms with van der Waals surface area (Å²) in [5.41, 5.74) is 6.33. The molecule has 0 aromatic heterocycles. The predicted molar refractivity (Wildman–Crippen MR) is 67.1 cm³/mol. The highest BCUT2D eigenvalue weighted by Crippen LogP contribution is 2.29. The Kier molecular flexibility index (Phi) is 3.52. The molecule has 1 aromatic carbocycles. The number of benzene rings is 1.